The SMILES string of the molecule is O=c1cnc2ccccc2n1Cc1ccc(-c2ccc3ccncc3c2)cc1F. The molecule has 29 heavy (non-hydrogen) atoms. The van der Waals surface area contributed by atoms with Gasteiger partial charge in [0.05, 0.1) is 23.8 Å². The van der Waals surface area contributed by atoms with E-state index in [-0.39, 0.29) is 17.9 Å². The van der Waals surface area contributed by atoms with Crippen molar-refractivity contribution in [3.8, 4) is 11.1 Å². The topological polar surface area (TPSA) is 47.8 Å². The van der Waals surface area contributed by atoms with E-state index in [1.54, 1.807) is 23.0 Å². The van der Waals surface area contributed by atoms with E-state index >= 15 is 0 Å². The molecule has 2 aromatic heterocycles. The van der Waals surface area contributed by atoms with Gasteiger partial charge in [0.25, 0.3) is 5.56 Å². The Kier molecular flexibility index (Phi) is 4.13. The second kappa shape index (κ2) is 6.95. The molecule has 0 atom stereocenters. The average molecular weight is 381 g/mol. The molecule has 0 aliphatic carbocycles. The fourth-order valence-electron chi connectivity index (χ4n) is 3.57. The number of aromatic nitrogens is 3. The van der Waals surface area contributed by atoms with E-state index in [1.165, 1.54) is 12.3 Å². The molecule has 5 rings (SSSR count). The van der Waals surface area contributed by atoms with Crippen LogP contribution >= 0.6 is 0 Å². The highest BCUT2D eigenvalue weighted by Gasteiger charge is 2.10. The number of hydrogen-bond acceptors (Lipinski definition) is 3. The molecule has 0 fully saturated rings. The largest absolute Gasteiger partial charge is 0.301 e. The van der Waals surface area contributed by atoms with Crippen LogP contribution in [0.4, 0.5) is 4.39 Å². The van der Waals surface area contributed by atoms with Gasteiger partial charge in [0.1, 0.15) is 5.82 Å². The van der Waals surface area contributed by atoms with Gasteiger partial charge in [-0.3, -0.25) is 9.78 Å². The summed E-state index contributed by atoms with van der Waals surface area (Å²) < 4.78 is 16.5. The number of para-hydroxylation sites is 2. The fourth-order valence-corrected chi connectivity index (χ4v) is 3.57. The molecule has 0 bridgehead atoms. The Morgan fingerprint density at radius 1 is 0.862 bits per heavy atom. The summed E-state index contributed by atoms with van der Waals surface area (Å²) in [4.78, 5) is 20.6. The maximum Gasteiger partial charge on any atom is 0.269 e. The van der Waals surface area contributed by atoms with Gasteiger partial charge in [0.15, 0.2) is 0 Å². The Morgan fingerprint density at radius 3 is 2.59 bits per heavy atom. The smallest absolute Gasteiger partial charge is 0.269 e. The van der Waals surface area contributed by atoms with Crippen molar-refractivity contribution < 1.29 is 4.39 Å². The van der Waals surface area contributed by atoms with Crippen LogP contribution in [-0.4, -0.2) is 14.5 Å². The highest BCUT2D eigenvalue weighted by atomic mass is 19.1. The Morgan fingerprint density at radius 2 is 1.69 bits per heavy atom. The van der Waals surface area contributed by atoms with Crippen LogP contribution in [0.25, 0.3) is 32.9 Å². The van der Waals surface area contributed by atoms with Gasteiger partial charge in [0, 0.05) is 23.3 Å². The minimum Gasteiger partial charge on any atom is -0.301 e. The molecule has 4 nitrogen and oxygen atoms in total. The molecule has 0 amide bonds. The first-order valence-electron chi connectivity index (χ1n) is 9.26. The zero-order valence-electron chi connectivity index (χ0n) is 15.4. The third kappa shape index (κ3) is 3.17. The van der Waals surface area contributed by atoms with E-state index < -0.39 is 0 Å². The molecular weight excluding hydrogens is 365 g/mol. The van der Waals surface area contributed by atoms with E-state index in [0.29, 0.717) is 16.6 Å². The van der Waals surface area contributed by atoms with E-state index in [2.05, 4.69) is 9.97 Å². The summed E-state index contributed by atoms with van der Waals surface area (Å²) in [5, 5.41) is 2.09. The van der Waals surface area contributed by atoms with Gasteiger partial charge in [-0.25, -0.2) is 9.37 Å². The molecule has 0 aliphatic heterocycles. The van der Waals surface area contributed by atoms with E-state index in [1.807, 2.05) is 54.6 Å². The van der Waals surface area contributed by atoms with Crippen LogP contribution in [0, 0.1) is 5.82 Å². The molecule has 0 saturated carbocycles. The molecule has 0 spiro atoms. The van der Waals surface area contributed by atoms with Gasteiger partial charge in [-0.05, 0) is 46.8 Å². The fraction of sp³-hybridized carbons (Fsp3) is 0.0417. The lowest BCUT2D eigenvalue weighted by atomic mass is 10.0. The predicted molar refractivity (Wildman–Crippen MR) is 112 cm³/mol. The van der Waals surface area contributed by atoms with E-state index in [4.69, 9.17) is 0 Å². The van der Waals surface area contributed by atoms with Crippen molar-refractivity contribution in [2.45, 2.75) is 6.54 Å². The minimum atomic E-state index is -0.346. The first-order chi connectivity index (χ1) is 14.2. The van der Waals surface area contributed by atoms with Crippen molar-refractivity contribution in [1.29, 1.82) is 0 Å². The lowest BCUT2D eigenvalue weighted by Crippen LogP contribution is -2.21. The molecular formula is C24H16FN3O. The first-order valence-corrected chi connectivity index (χ1v) is 9.26. The predicted octanol–water partition coefficient (Wildman–Crippen LogP) is 4.80. The van der Waals surface area contributed by atoms with Crippen molar-refractivity contribution in [2.75, 3.05) is 0 Å². The third-order valence-corrected chi connectivity index (χ3v) is 5.11. The van der Waals surface area contributed by atoms with Crippen LogP contribution in [0.3, 0.4) is 0 Å². The highest BCUT2D eigenvalue weighted by molar-refractivity contribution is 5.86. The lowest BCUT2D eigenvalue weighted by molar-refractivity contribution is 0.599. The molecule has 0 unspecified atom stereocenters. The summed E-state index contributed by atoms with van der Waals surface area (Å²) in [7, 11) is 0. The summed E-state index contributed by atoms with van der Waals surface area (Å²) in [6, 6.07) is 20.4. The molecule has 2 heterocycles. The summed E-state index contributed by atoms with van der Waals surface area (Å²) in [5.74, 6) is -0.346. The van der Waals surface area contributed by atoms with Gasteiger partial charge in [-0.1, -0.05) is 36.4 Å². The summed E-state index contributed by atoms with van der Waals surface area (Å²) in [6.45, 7) is 0.148. The van der Waals surface area contributed by atoms with Crippen LogP contribution < -0.4 is 5.56 Å². The number of nitrogens with zero attached hydrogens (tertiary/aromatic N) is 3. The van der Waals surface area contributed by atoms with Crippen molar-refractivity contribution in [3.63, 3.8) is 0 Å². The maximum absolute atomic E-state index is 14.9. The number of hydrogen-bond donors (Lipinski definition) is 0. The zero-order chi connectivity index (χ0) is 19.8. The number of rotatable bonds is 3. The van der Waals surface area contributed by atoms with Gasteiger partial charge in [-0.2, -0.15) is 0 Å². The Balaban J connectivity index is 1.53. The monoisotopic (exact) mass is 381 g/mol. The Bertz CT molecular complexity index is 1430. The summed E-state index contributed by atoms with van der Waals surface area (Å²) >= 11 is 0. The third-order valence-electron chi connectivity index (χ3n) is 5.11. The molecule has 0 aliphatic rings. The van der Waals surface area contributed by atoms with Crippen LogP contribution in [0.5, 0.6) is 0 Å². The lowest BCUT2D eigenvalue weighted by Gasteiger charge is -2.11. The molecule has 140 valence electrons. The molecule has 0 radical (unpaired) electrons. The average Bonchev–Trinajstić information content (AvgIpc) is 2.76. The van der Waals surface area contributed by atoms with Crippen molar-refractivity contribution in [2.24, 2.45) is 0 Å². The highest BCUT2D eigenvalue weighted by Crippen LogP contribution is 2.26. The van der Waals surface area contributed by atoms with E-state index in [0.717, 1.165) is 21.9 Å². The Labute approximate surface area is 165 Å². The van der Waals surface area contributed by atoms with Gasteiger partial charge in [0.2, 0.25) is 0 Å². The molecule has 5 heteroatoms. The van der Waals surface area contributed by atoms with Crippen LogP contribution in [-0.2, 0) is 6.54 Å². The van der Waals surface area contributed by atoms with Crippen LogP contribution in [0.2, 0.25) is 0 Å². The maximum atomic E-state index is 14.9. The van der Waals surface area contributed by atoms with Crippen molar-refractivity contribution in [3.05, 3.63) is 107 Å². The van der Waals surface area contributed by atoms with Gasteiger partial charge >= 0.3 is 0 Å². The molecule has 0 N–H and O–H groups in total. The first kappa shape index (κ1) is 17.3. The van der Waals surface area contributed by atoms with Crippen LogP contribution in [0.15, 0.2) is 90.1 Å². The second-order valence-corrected chi connectivity index (χ2v) is 6.92. The second-order valence-electron chi connectivity index (χ2n) is 6.92. The number of pyridine rings is 1. The zero-order valence-corrected chi connectivity index (χ0v) is 15.4. The van der Waals surface area contributed by atoms with E-state index in [9.17, 15) is 9.18 Å². The van der Waals surface area contributed by atoms with Crippen molar-refractivity contribution >= 4 is 21.8 Å². The van der Waals surface area contributed by atoms with Gasteiger partial charge in [-0.15, -0.1) is 0 Å². The number of fused-ring (bicyclic) bond motifs is 2. The number of benzene rings is 3. The van der Waals surface area contributed by atoms with Crippen LogP contribution in [0.1, 0.15) is 5.56 Å². The molecule has 3 aromatic carbocycles. The summed E-state index contributed by atoms with van der Waals surface area (Å²) in [6.07, 6.45) is 4.82. The standard InChI is InChI=1S/C24H16FN3O/c25-21-12-18(17-6-5-16-9-10-26-13-20(16)11-17)7-8-19(21)15-28-23-4-2-1-3-22(23)27-14-24(28)29/h1-14H,15H2. The normalized spacial score (nSPS) is 11.2. The quantitative estimate of drug-likeness (QED) is 0.451. The van der Waals surface area contributed by atoms with Gasteiger partial charge < -0.3 is 4.57 Å². The summed E-state index contributed by atoms with van der Waals surface area (Å²) in [5.41, 5.74) is 3.29. The molecule has 5 aromatic rings. The number of halogens is 1. The van der Waals surface area contributed by atoms with Crippen molar-refractivity contribution in [1.82, 2.24) is 14.5 Å². The molecule has 0 saturated heterocycles. The Hall–Kier alpha value is -3.86. The minimum absolute atomic E-state index is 0.148.